The zero-order valence-electron chi connectivity index (χ0n) is 12.0. The van der Waals surface area contributed by atoms with Gasteiger partial charge in [0.25, 0.3) is 0 Å². The molecule has 0 aromatic rings. The number of carbonyl (C=O) groups excluding carboxylic acids is 1. The summed E-state index contributed by atoms with van der Waals surface area (Å²) in [5.41, 5.74) is 0. The summed E-state index contributed by atoms with van der Waals surface area (Å²) in [4.78, 5) is 15.8. The molecular formula is C13H27IN4O. The molecule has 0 aromatic carbocycles. The van der Waals surface area contributed by atoms with Crippen molar-refractivity contribution in [2.75, 3.05) is 20.1 Å². The number of hydrogen-bond donors (Lipinski definition) is 3. The highest BCUT2D eigenvalue weighted by atomic mass is 127. The van der Waals surface area contributed by atoms with Crippen LogP contribution in [0.5, 0.6) is 0 Å². The van der Waals surface area contributed by atoms with Gasteiger partial charge in [-0.25, -0.2) is 0 Å². The zero-order chi connectivity index (χ0) is 13.2. The Bertz CT molecular complexity index is 278. The molecule has 0 heterocycles. The molecule has 0 spiro atoms. The molecule has 1 aliphatic carbocycles. The van der Waals surface area contributed by atoms with E-state index in [1.807, 2.05) is 0 Å². The predicted molar refractivity (Wildman–Crippen MR) is 90.1 cm³/mol. The van der Waals surface area contributed by atoms with Crippen molar-refractivity contribution in [1.82, 2.24) is 16.0 Å². The number of guanidine groups is 1. The first kappa shape index (κ1) is 18.5. The number of carbonyl (C=O) groups is 1. The van der Waals surface area contributed by atoms with E-state index in [1.54, 1.807) is 7.05 Å². The summed E-state index contributed by atoms with van der Waals surface area (Å²) in [6, 6.07) is 0.374. The van der Waals surface area contributed by atoms with Gasteiger partial charge in [0.15, 0.2) is 5.96 Å². The van der Waals surface area contributed by atoms with E-state index in [0.29, 0.717) is 18.5 Å². The van der Waals surface area contributed by atoms with Gasteiger partial charge in [0.2, 0.25) is 5.91 Å². The molecule has 5 nitrogen and oxygen atoms in total. The molecule has 1 rings (SSSR count). The van der Waals surface area contributed by atoms with Crippen molar-refractivity contribution in [3.05, 3.63) is 0 Å². The topological polar surface area (TPSA) is 65.5 Å². The Balaban J connectivity index is 0.00000324. The summed E-state index contributed by atoms with van der Waals surface area (Å²) in [5, 5.41) is 9.23. The Morgan fingerprint density at radius 1 is 1.21 bits per heavy atom. The van der Waals surface area contributed by atoms with E-state index < -0.39 is 0 Å². The second kappa shape index (κ2) is 11.3. The highest BCUT2D eigenvalue weighted by Gasteiger charge is 2.15. The molecule has 0 atom stereocenters. The molecule has 0 radical (unpaired) electrons. The van der Waals surface area contributed by atoms with E-state index in [4.69, 9.17) is 0 Å². The molecule has 0 bridgehead atoms. The molecule has 6 heteroatoms. The van der Waals surface area contributed by atoms with Gasteiger partial charge in [-0.1, -0.05) is 26.2 Å². The maximum absolute atomic E-state index is 11.7. The second-order valence-electron chi connectivity index (χ2n) is 4.75. The van der Waals surface area contributed by atoms with Gasteiger partial charge < -0.3 is 16.0 Å². The molecule has 0 aromatic heterocycles. The number of amides is 1. The third-order valence-electron chi connectivity index (χ3n) is 3.15. The lowest BCUT2D eigenvalue weighted by atomic mass is 9.95. The minimum Gasteiger partial charge on any atom is -0.356 e. The van der Waals surface area contributed by atoms with E-state index >= 15 is 0 Å². The average Bonchev–Trinajstić information content (AvgIpc) is 2.40. The summed E-state index contributed by atoms with van der Waals surface area (Å²) < 4.78 is 0. The molecule has 1 amide bonds. The van der Waals surface area contributed by atoms with Gasteiger partial charge in [0.1, 0.15) is 0 Å². The molecule has 3 N–H and O–H groups in total. The minimum atomic E-state index is 0. The molecule has 1 aliphatic rings. The lowest BCUT2D eigenvalue weighted by Crippen LogP contribution is -2.46. The fraction of sp³-hybridized carbons (Fsp3) is 0.846. The fourth-order valence-corrected chi connectivity index (χ4v) is 2.15. The van der Waals surface area contributed by atoms with Gasteiger partial charge in [0.05, 0.1) is 6.54 Å². The lowest BCUT2D eigenvalue weighted by molar-refractivity contribution is -0.120. The summed E-state index contributed by atoms with van der Waals surface area (Å²) in [6.45, 7) is 3.25. The van der Waals surface area contributed by atoms with Crippen LogP contribution < -0.4 is 16.0 Å². The van der Waals surface area contributed by atoms with Crippen LogP contribution in [-0.4, -0.2) is 38.0 Å². The van der Waals surface area contributed by atoms with Gasteiger partial charge in [0, 0.05) is 19.6 Å². The van der Waals surface area contributed by atoms with Crippen molar-refractivity contribution in [1.29, 1.82) is 0 Å². The van der Waals surface area contributed by atoms with Gasteiger partial charge in [-0.2, -0.15) is 0 Å². The van der Waals surface area contributed by atoms with Crippen molar-refractivity contribution in [3.63, 3.8) is 0 Å². The van der Waals surface area contributed by atoms with Crippen LogP contribution in [-0.2, 0) is 4.79 Å². The van der Waals surface area contributed by atoms with Gasteiger partial charge in [-0.3, -0.25) is 9.79 Å². The Morgan fingerprint density at radius 3 is 2.47 bits per heavy atom. The number of nitrogens with zero attached hydrogens (tertiary/aromatic N) is 1. The maximum atomic E-state index is 11.7. The van der Waals surface area contributed by atoms with Crippen molar-refractivity contribution in [2.24, 2.45) is 4.99 Å². The summed E-state index contributed by atoms with van der Waals surface area (Å²) >= 11 is 0. The highest BCUT2D eigenvalue weighted by Crippen LogP contribution is 2.16. The molecule has 112 valence electrons. The predicted octanol–water partition coefficient (Wildman–Crippen LogP) is 1.63. The number of aliphatic imine (C=N–C) groups is 1. The van der Waals surface area contributed by atoms with Gasteiger partial charge in [-0.05, 0) is 19.3 Å². The first-order valence-corrected chi connectivity index (χ1v) is 7.00. The van der Waals surface area contributed by atoms with Crippen LogP contribution in [0.1, 0.15) is 45.4 Å². The van der Waals surface area contributed by atoms with E-state index in [2.05, 4.69) is 27.9 Å². The second-order valence-corrected chi connectivity index (χ2v) is 4.75. The SMILES string of the molecule is CCCNC(=NC)NCC(=O)NC1CCCCC1.I. The van der Waals surface area contributed by atoms with Crippen LogP contribution in [0.25, 0.3) is 0 Å². The van der Waals surface area contributed by atoms with Crippen molar-refractivity contribution >= 4 is 35.8 Å². The Kier molecular flexibility index (Phi) is 11.0. The Morgan fingerprint density at radius 2 is 1.89 bits per heavy atom. The molecule has 0 saturated heterocycles. The van der Waals surface area contributed by atoms with Gasteiger partial charge in [-0.15, -0.1) is 24.0 Å². The molecule has 1 fully saturated rings. The first-order chi connectivity index (χ1) is 8.76. The standard InChI is InChI=1S/C13H26N4O.HI/c1-3-9-15-13(14-2)16-10-12(18)17-11-7-5-4-6-8-11;/h11H,3-10H2,1-2H3,(H,17,18)(H2,14,15,16);1H. The van der Waals surface area contributed by atoms with Crippen LogP contribution in [0, 0.1) is 0 Å². The van der Waals surface area contributed by atoms with Gasteiger partial charge >= 0.3 is 0 Å². The van der Waals surface area contributed by atoms with Crippen LogP contribution in [0.3, 0.4) is 0 Å². The fourth-order valence-electron chi connectivity index (χ4n) is 2.15. The number of nitrogens with one attached hydrogen (secondary N) is 3. The minimum absolute atomic E-state index is 0. The normalized spacial score (nSPS) is 16.4. The van der Waals surface area contributed by atoms with Crippen molar-refractivity contribution in [2.45, 2.75) is 51.5 Å². The van der Waals surface area contributed by atoms with Crippen molar-refractivity contribution in [3.8, 4) is 0 Å². The number of halogens is 1. The molecule has 19 heavy (non-hydrogen) atoms. The first-order valence-electron chi connectivity index (χ1n) is 7.00. The number of rotatable bonds is 5. The average molecular weight is 382 g/mol. The van der Waals surface area contributed by atoms with Crippen molar-refractivity contribution < 1.29 is 4.79 Å². The monoisotopic (exact) mass is 382 g/mol. The zero-order valence-corrected chi connectivity index (χ0v) is 14.3. The Labute approximate surface area is 133 Å². The quantitative estimate of drug-likeness (QED) is 0.385. The lowest BCUT2D eigenvalue weighted by Gasteiger charge is -2.23. The summed E-state index contributed by atoms with van der Waals surface area (Å²) in [6.07, 6.45) is 7.05. The van der Waals surface area contributed by atoms with E-state index in [-0.39, 0.29) is 29.9 Å². The van der Waals surface area contributed by atoms with Crippen LogP contribution in [0.15, 0.2) is 4.99 Å². The molecule has 0 unspecified atom stereocenters. The molecule has 1 saturated carbocycles. The third-order valence-corrected chi connectivity index (χ3v) is 3.15. The number of hydrogen-bond acceptors (Lipinski definition) is 2. The smallest absolute Gasteiger partial charge is 0.239 e. The molecule has 0 aliphatic heterocycles. The van der Waals surface area contributed by atoms with E-state index in [0.717, 1.165) is 25.8 Å². The highest BCUT2D eigenvalue weighted by molar-refractivity contribution is 14.0. The van der Waals surface area contributed by atoms with Crippen LogP contribution in [0.4, 0.5) is 0 Å². The maximum Gasteiger partial charge on any atom is 0.239 e. The largest absolute Gasteiger partial charge is 0.356 e. The van der Waals surface area contributed by atoms with Crippen LogP contribution in [0.2, 0.25) is 0 Å². The molecular weight excluding hydrogens is 355 g/mol. The summed E-state index contributed by atoms with van der Waals surface area (Å²) in [7, 11) is 1.71. The summed E-state index contributed by atoms with van der Waals surface area (Å²) in [5.74, 6) is 0.747. The van der Waals surface area contributed by atoms with E-state index in [9.17, 15) is 4.79 Å². The van der Waals surface area contributed by atoms with E-state index in [1.165, 1.54) is 19.3 Å². The third kappa shape index (κ3) is 8.28. The Hall–Kier alpha value is -0.530. The van der Waals surface area contributed by atoms with Crippen LogP contribution >= 0.6 is 24.0 Å².